The van der Waals surface area contributed by atoms with Gasteiger partial charge in [-0.2, -0.15) is 0 Å². The number of likely N-dealkylation sites (tertiary alicyclic amines) is 1. The number of aromatic hydroxyl groups is 1. The van der Waals surface area contributed by atoms with Crippen LogP contribution in [-0.4, -0.2) is 65.5 Å². The zero-order valence-corrected chi connectivity index (χ0v) is 18.8. The Labute approximate surface area is 198 Å². The molecule has 2 aromatic heterocycles. The molecule has 1 saturated carbocycles. The number of aliphatic hydroxyl groups is 1. The zero-order chi connectivity index (χ0) is 23.9. The first-order valence-electron chi connectivity index (χ1n) is 12.2. The van der Waals surface area contributed by atoms with Gasteiger partial charge >= 0.3 is 5.97 Å². The highest BCUT2D eigenvalue weighted by molar-refractivity contribution is 5.94. The number of ether oxygens (including phenoxy) is 1. The van der Waals surface area contributed by atoms with Gasteiger partial charge in [0.2, 0.25) is 0 Å². The number of carboxylic acid groups (broad SMARTS) is 1. The van der Waals surface area contributed by atoms with E-state index in [1.165, 1.54) is 19.0 Å². The van der Waals surface area contributed by atoms with E-state index in [1.54, 1.807) is 6.07 Å². The van der Waals surface area contributed by atoms with Crippen molar-refractivity contribution in [3.05, 3.63) is 56.6 Å². The topological polar surface area (TPSA) is 140 Å². The minimum Gasteiger partial charge on any atom is -0.504 e. The number of nitrogens with one attached hydrogen (secondary N) is 1. The lowest BCUT2D eigenvalue weighted by Gasteiger charge is -2.62. The molecule has 2 fully saturated rings. The van der Waals surface area contributed by atoms with Gasteiger partial charge in [0.25, 0.3) is 5.56 Å². The first-order chi connectivity index (χ1) is 16.8. The zero-order valence-electron chi connectivity index (χ0n) is 18.8. The number of nitrogens with zero attached hydrogens (tertiary/aromatic N) is 3. The van der Waals surface area contributed by atoms with E-state index in [-0.39, 0.29) is 29.4 Å². The summed E-state index contributed by atoms with van der Waals surface area (Å²) in [6, 6.07) is 3.36. The predicted molar refractivity (Wildman–Crippen MR) is 121 cm³/mol. The third kappa shape index (κ3) is 2.17. The van der Waals surface area contributed by atoms with E-state index >= 15 is 0 Å². The van der Waals surface area contributed by atoms with Crippen LogP contribution in [0.3, 0.4) is 0 Å². The molecule has 1 spiro atoms. The van der Waals surface area contributed by atoms with Gasteiger partial charge in [-0.05, 0) is 49.8 Å². The van der Waals surface area contributed by atoms with Crippen LogP contribution in [0.2, 0.25) is 0 Å². The fourth-order valence-corrected chi connectivity index (χ4v) is 7.53. The molecule has 180 valence electrons. The van der Waals surface area contributed by atoms with Crippen molar-refractivity contribution in [1.82, 2.24) is 19.5 Å². The van der Waals surface area contributed by atoms with Crippen LogP contribution in [0.15, 0.2) is 23.1 Å². The molecular weight excluding hydrogens is 452 g/mol. The molecule has 4 heterocycles. The van der Waals surface area contributed by atoms with Crippen molar-refractivity contribution in [1.29, 1.82) is 0 Å². The van der Waals surface area contributed by atoms with Crippen LogP contribution in [0.1, 0.15) is 58.1 Å². The van der Waals surface area contributed by atoms with Crippen LogP contribution in [0, 0.1) is 5.92 Å². The average molecular weight is 476 g/mol. The summed E-state index contributed by atoms with van der Waals surface area (Å²) in [5, 5.41) is 35.7. The number of fused-ring (bicyclic) bond motifs is 3. The van der Waals surface area contributed by atoms with Gasteiger partial charge < -0.3 is 20.1 Å². The predicted octanol–water partition coefficient (Wildman–Crippen LogP) is 1.13. The Morgan fingerprint density at radius 3 is 2.91 bits per heavy atom. The van der Waals surface area contributed by atoms with Gasteiger partial charge in [0.1, 0.15) is 5.56 Å². The highest BCUT2D eigenvalue weighted by Gasteiger charge is 2.73. The number of aromatic nitrogens is 3. The SMILES string of the molecule is O=C(O)c1c[nH]n2c(=O)c3c(nc12)[C@@H]1Oc2c(O)ccc4c2[C@@]12CCN(CC1CC1)[C@H](C4)[C@]2(O)C3. The number of benzene rings is 1. The van der Waals surface area contributed by atoms with Crippen LogP contribution in [0.5, 0.6) is 11.5 Å². The average Bonchev–Trinajstić information content (AvgIpc) is 3.40. The second kappa shape index (κ2) is 6.06. The molecule has 5 aliphatic rings. The molecule has 1 saturated heterocycles. The number of phenolic OH excluding ortho intramolecular Hbond substituents is 1. The fourth-order valence-electron chi connectivity index (χ4n) is 7.53. The molecule has 10 heteroatoms. The minimum atomic E-state index is -1.29. The second-order valence-electron chi connectivity index (χ2n) is 10.9. The Morgan fingerprint density at radius 1 is 1.31 bits per heavy atom. The van der Waals surface area contributed by atoms with Crippen molar-refractivity contribution in [3.63, 3.8) is 0 Å². The molecule has 35 heavy (non-hydrogen) atoms. The van der Waals surface area contributed by atoms with E-state index in [1.807, 2.05) is 6.07 Å². The number of phenols is 1. The third-order valence-electron chi connectivity index (χ3n) is 9.23. The number of hydrogen-bond acceptors (Lipinski definition) is 7. The van der Waals surface area contributed by atoms with Crippen LogP contribution in [0.25, 0.3) is 5.65 Å². The summed E-state index contributed by atoms with van der Waals surface area (Å²) in [4.78, 5) is 32.5. The summed E-state index contributed by atoms with van der Waals surface area (Å²) >= 11 is 0. The summed E-state index contributed by atoms with van der Waals surface area (Å²) in [5.74, 6) is -0.192. The van der Waals surface area contributed by atoms with E-state index in [4.69, 9.17) is 4.74 Å². The largest absolute Gasteiger partial charge is 0.504 e. The lowest BCUT2D eigenvalue weighted by atomic mass is 9.49. The lowest BCUT2D eigenvalue weighted by Crippen LogP contribution is -2.75. The fraction of sp³-hybridized carbons (Fsp3) is 0.480. The molecule has 0 radical (unpaired) electrons. The van der Waals surface area contributed by atoms with Gasteiger partial charge in [-0.1, -0.05) is 6.07 Å². The van der Waals surface area contributed by atoms with Crippen molar-refractivity contribution < 1.29 is 24.9 Å². The Kier molecular flexibility index (Phi) is 3.44. The van der Waals surface area contributed by atoms with Crippen LogP contribution in [-0.2, 0) is 18.3 Å². The molecule has 1 aromatic carbocycles. The van der Waals surface area contributed by atoms with Gasteiger partial charge in [0.05, 0.1) is 16.7 Å². The van der Waals surface area contributed by atoms with E-state index in [0.717, 1.165) is 28.7 Å². The highest BCUT2D eigenvalue weighted by Crippen LogP contribution is 2.68. The summed E-state index contributed by atoms with van der Waals surface area (Å²) in [7, 11) is 0. The maximum absolute atomic E-state index is 13.6. The number of rotatable bonds is 3. The van der Waals surface area contributed by atoms with E-state index in [9.17, 15) is 24.9 Å². The standard InChI is InChI=1S/C25H24N4O6/c30-15-4-3-12-7-16-25(34)8-13-18(27-21-14(23(32)33)9-26-29(21)22(13)31)20-24(25,17(12)19(15)35-20)5-6-28(16)10-11-1-2-11/h3-4,9,11,16,20,26,30,34H,1-2,5-8,10H2,(H,32,33)/t16-,20+,24+,25-/m1/s1. The molecule has 0 amide bonds. The van der Waals surface area contributed by atoms with Crippen molar-refractivity contribution in [2.45, 2.75) is 55.3 Å². The van der Waals surface area contributed by atoms with Crippen molar-refractivity contribution in [3.8, 4) is 11.5 Å². The summed E-state index contributed by atoms with van der Waals surface area (Å²) < 4.78 is 7.55. The first-order valence-corrected chi connectivity index (χ1v) is 12.2. The Hall–Kier alpha value is -3.37. The normalized spacial score (nSPS) is 32.3. The van der Waals surface area contributed by atoms with Crippen molar-refractivity contribution in [2.24, 2.45) is 5.92 Å². The Balaban J connectivity index is 1.42. The molecule has 2 aliphatic heterocycles. The minimum absolute atomic E-state index is 0.000884. The highest BCUT2D eigenvalue weighted by atomic mass is 16.5. The molecular formula is C25H24N4O6. The maximum Gasteiger partial charge on any atom is 0.341 e. The van der Waals surface area contributed by atoms with Gasteiger partial charge in [0, 0.05) is 36.3 Å². The number of hydrogen-bond donors (Lipinski definition) is 4. The van der Waals surface area contributed by atoms with Crippen LogP contribution < -0.4 is 10.3 Å². The number of aromatic carboxylic acids is 1. The first kappa shape index (κ1) is 19.9. The molecule has 0 unspecified atom stereocenters. The molecule has 4 atom stereocenters. The number of aromatic amines is 1. The van der Waals surface area contributed by atoms with Crippen molar-refractivity contribution >= 4 is 11.6 Å². The Morgan fingerprint density at radius 2 is 2.14 bits per heavy atom. The third-order valence-corrected chi connectivity index (χ3v) is 9.23. The second-order valence-corrected chi connectivity index (χ2v) is 10.9. The van der Waals surface area contributed by atoms with Gasteiger partial charge in [-0.25, -0.2) is 14.3 Å². The summed E-state index contributed by atoms with van der Waals surface area (Å²) in [6.07, 6.45) is 4.18. The Bertz CT molecular complexity index is 1540. The maximum atomic E-state index is 13.6. The van der Waals surface area contributed by atoms with Gasteiger partial charge in [-0.3, -0.25) is 14.8 Å². The van der Waals surface area contributed by atoms with E-state index in [0.29, 0.717) is 35.8 Å². The molecule has 8 rings (SSSR count). The van der Waals surface area contributed by atoms with E-state index in [2.05, 4.69) is 15.0 Å². The molecule has 3 aromatic rings. The molecule has 4 N–H and O–H groups in total. The summed E-state index contributed by atoms with van der Waals surface area (Å²) in [6.45, 7) is 1.70. The molecule has 10 nitrogen and oxygen atoms in total. The quantitative estimate of drug-likeness (QED) is 0.441. The summed E-state index contributed by atoms with van der Waals surface area (Å²) in [5.41, 5.74) is -0.115. The van der Waals surface area contributed by atoms with Gasteiger partial charge in [-0.15, -0.1) is 0 Å². The smallest absolute Gasteiger partial charge is 0.341 e. The number of carbonyl (C=O) groups is 1. The van der Waals surface area contributed by atoms with Gasteiger partial charge in [0.15, 0.2) is 23.3 Å². The number of carboxylic acids is 1. The lowest BCUT2D eigenvalue weighted by molar-refractivity contribution is -0.173. The van der Waals surface area contributed by atoms with E-state index < -0.39 is 28.6 Å². The number of H-pyrrole nitrogens is 1. The molecule has 2 bridgehead atoms. The number of piperidine rings is 1. The van der Waals surface area contributed by atoms with Crippen molar-refractivity contribution in [2.75, 3.05) is 13.1 Å². The van der Waals surface area contributed by atoms with Crippen LogP contribution >= 0.6 is 0 Å². The van der Waals surface area contributed by atoms with Crippen LogP contribution in [0.4, 0.5) is 0 Å². The molecule has 3 aliphatic carbocycles. The monoisotopic (exact) mass is 476 g/mol.